The quantitative estimate of drug-likeness (QED) is 0.119. The lowest BCUT2D eigenvalue weighted by Crippen LogP contribution is -2.52. The van der Waals surface area contributed by atoms with Gasteiger partial charge in [0.1, 0.15) is 30.2 Å². The monoisotopic (exact) mass is 588 g/mol. The first-order valence-corrected chi connectivity index (χ1v) is 14.0. The number of hydrogen-bond acceptors (Lipinski definition) is 12. The topological polar surface area (TPSA) is 222 Å². The smallest absolute Gasteiger partial charge is 0.229 e. The number of para-hydroxylation sites is 2. The van der Waals surface area contributed by atoms with Crippen molar-refractivity contribution in [2.75, 3.05) is 30.0 Å². The molecule has 0 aliphatic carbocycles. The highest BCUT2D eigenvalue weighted by Crippen LogP contribution is 2.37. The minimum absolute atomic E-state index is 0.439. The van der Waals surface area contributed by atoms with E-state index in [2.05, 4.69) is 10.0 Å². The lowest BCUT2D eigenvalue weighted by atomic mass is 10.0. The van der Waals surface area contributed by atoms with Gasteiger partial charge in [-0.25, -0.2) is 13.4 Å². The van der Waals surface area contributed by atoms with Crippen LogP contribution in [0.1, 0.15) is 0 Å². The molecule has 1 heterocycles. The van der Waals surface area contributed by atoms with Crippen LogP contribution in [-0.2, 0) is 14.8 Å². The molecule has 0 amide bonds. The summed E-state index contributed by atoms with van der Waals surface area (Å²) in [6.07, 6.45) is -6.97. The SMILES string of the molecule is COc1cc(NS(C)(=O)=O)ccc1Nc1c2ccccc2nc2ccccc12.O=C([O-])[C@H](O)[C@@H](O)[C@H](O)[C@H](O)CO. The number of rotatable bonds is 10. The maximum absolute atomic E-state index is 11.5. The summed E-state index contributed by atoms with van der Waals surface area (Å²) in [4.78, 5) is 14.7. The third-order valence-corrected chi connectivity index (χ3v) is 6.45. The summed E-state index contributed by atoms with van der Waals surface area (Å²) in [5.74, 6) is -1.45. The van der Waals surface area contributed by atoms with E-state index in [0.717, 1.165) is 39.4 Å². The number of hydrogen-bond donors (Lipinski definition) is 7. The molecule has 14 heteroatoms. The van der Waals surface area contributed by atoms with Gasteiger partial charge in [-0.3, -0.25) is 4.72 Å². The summed E-state index contributed by atoms with van der Waals surface area (Å²) in [6.45, 7) is -0.863. The van der Waals surface area contributed by atoms with Crippen molar-refractivity contribution in [2.45, 2.75) is 24.4 Å². The van der Waals surface area contributed by atoms with Gasteiger partial charge in [0, 0.05) is 16.8 Å². The van der Waals surface area contributed by atoms with Crippen LogP contribution in [0.3, 0.4) is 0 Å². The summed E-state index contributed by atoms with van der Waals surface area (Å²) in [5.41, 5.74) is 3.86. The number of aliphatic carboxylic acids is 1. The summed E-state index contributed by atoms with van der Waals surface area (Å²) < 4.78 is 30.9. The number of anilines is 3. The average Bonchev–Trinajstić information content (AvgIpc) is 2.95. The Bertz CT molecular complexity index is 1560. The van der Waals surface area contributed by atoms with Crippen molar-refractivity contribution in [1.82, 2.24) is 4.98 Å². The number of aliphatic hydroxyl groups excluding tert-OH is 5. The van der Waals surface area contributed by atoms with Gasteiger partial charge in [-0.1, -0.05) is 36.4 Å². The molecule has 0 saturated heterocycles. The van der Waals surface area contributed by atoms with Crippen LogP contribution in [0.25, 0.3) is 21.8 Å². The Morgan fingerprint density at radius 3 is 2.00 bits per heavy atom. The van der Waals surface area contributed by atoms with Crippen LogP contribution in [0.4, 0.5) is 17.1 Å². The van der Waals surface area contributed by atoms with Gasteiger partial charge < -0.3 is 45.5 Å². The number of pyridine rings is 1. The molecule has 41 heavy (non-hydrogen) atoms. The van der Waals surface area contributed by atoms with Crippen LogP contribution in [-0.4, -0.2) is 89.3 Å². The number of methoxy groups -OCH3 is 1. The molecule has 4 atom stereocenters. The predicted molar refractivity (Wildman–Crippen MR) is 150 cm³/mol. The zero-order valence-corrected chi connectivity index (χ0v) is 22.8. The van der Waals surface area contributed by atoms with E-state index in [9.17, 15) is 18.3 Å². The van der Waals surface area contributed by atoms with Crippen molar-refractivity contribution in [3.63, 3.8) is 0 Å². The molecule has 0 radical (unpaired) electrons. The maximum atomic E-state index is 11.5. The first kappa shape index (κ1) is 31.5. The van der Waals surface area contributed by atoms with E-state index in [4.69, 9.17) is 35.3 Å². The zero-order chi connectivity index (χ0) is 30.3. The Labute approximate surface area is 235 Å². The Morgan fingerprint density at radius 2 is 1.51 bits per heavy atom. The van der Waals surface area contributed by atoms with Crippen molar-refractivity contribution >= 4 is 54.9 Å². The molecule has 3 aromatic carbocycles. The van der Waals surface area contributed by atoms with Crippen molar-refractivity contribution in [1.29, 1.82) is 0 Å². The van der Waals surface area contributed by atoms with Crippen LogP contribution < -0.4 is 19.9 Å². The Morgan fingerprint density at radius 1 is 0.951 bits per heavy atom. The number of carboxylic acid groups (broad SMARTS) is 1. The highest BCUT2D eigenvalue weighted by molar-refractivity contribution is 7.92. The molecule has 0 unspecified atom stereocenters. The molecule has 0 aliphatic heterocycles. The zero-order valence-electron chi connectivity index (χ0n) is 22.0. The molecule has 4 rings (SSSR count). The fraction of sp³-hybridized carbons (Fsp3) is 0.259. The van der Waals surface area contributed by atoms with E-state index >= 15 is 0 Å². The predicted octanol–water partition coefficient (Wildman–Crippen LogP) is -0.316. The second-order valence-electron chi connectivity index (χ2n) is 8.93. The first-order valence-electron chi connectivity index (χ1n) is 12.1. The number of nitrogens with zero attached hydrogens (tertiary/aromatic N) is 1. The van der Waals surface area contributed by atoms with Crippen LogP contribution in [0.15, 0.2) is 66.7 Å². The lowest BCUT2D eigenvalue weighted by Gasteiger charge is -2.25. The van der Waals surface area contributed by atoms with Crippen LogP contribution in [0.2, 0.25) is 0 Å². The van der Waals surface area contributed by atoms with E-state index in [0.29, 0.717) is 11.4 Å². The standard InChI is InChI=1S/C21H19N3O3S.C6H12O7/c1-27-20-13-14(24-28(2,25)26)11-12-19(20)23-21-15-7-3-5-9-17(15)22-18-10-6-4-8-16(18)21;7-1-2(8)3(9)4(10)5(11)6(12)13/h3-13,24H,1-2H3,(H,22,23);2-5,7-11H,1H2,(H,12,13)/p-1/t;2-,3-,4+,5-/m.1/s1. The normalized spacial score (nSPS) is 14.3. The fourth-order valence-corrected chi connectivity index (χ4v) is 4.40. The van der Waals surface area contributed by atoms with Gasteiger partial charge in [0.25, 0.3) is 0 Å². The number of carbonyl (C=O) groups excluding carboxylic acids is 1. The van der Waals surface area contributed by atoms with Crippen molar-refractivity contribution in [3.05, 3.63) is 66.7 Å². The number of aromatic nitrogens is 1. The van der Waals surface area contributed by atoms with Crippen molar-refractivity contribution < 1.29 is 48.6 Å². The van der Waals surface area contributed by atoms with E-state index in [-0.39, 0.29) is 0 Å². The number of sulfonamides is 1. The minimum atomic E-state index is -3.37. The molecule has 4 aromatic rings. The number of nitrogens with one attached hydrogen (secondary N) is 2. The number of carbonyl (C=O) groups is 1. The van der Waals surface area contributed by atoms with Crippen LogP contribution >= 0.6 is 0 Å². The molecule has 220 valence electrons. The van der Waals surface area contributed by atoms with E-state index < -0.39 is 47.0 Å². The van der Waals surface area contributed by atoms with Gasteiger partial charge in [-0.05, 0) is 24.3 Å². The summed E-state index contributed by atoms with van der Waals surface area (Å²) in [5, 5.41) is 58.9. The number of benzene rings is 3. The Kier molecular flexibility index (Phi) is 10.4. The molecule has 7 N–H and O–H groups in total. The van der Waals surface area contributed by atoms with Gasteiger partial charge in [0.15, 0.2) is 0 Å². The fourth-order valence-electron chi connectivity index (χ4n) is 3.84. The number of aliphatic hydroxyl groups is 5. The first-order chi connectivity index (χ1) is 19.4. The molecule has 0 spiro atoms. The highest BCUT2D eigenvalue weighted by atomic mass is 32.2. The molecular formula is C27H30N3O10S-. The maximum Gasteiger partial charge on any atom is 0.229 e. The van der Waals surface area contributed by atoms with Crippen molar-refractivity contribution in [3.8, 4) is 5.75 Å². The number of carboxylic acids is 1. The van der Waals surface area contributed by atoms with Crippen LogP contribution in [0.5, 0.6) is 5.75 Å². The van der Waals surface area contributed by atoms with Gasteiger partial charge >= 0.3 is 0 Å². The molecule has 13 nitrogen and oxygen atoms in total. The average molecular weight is 589 g/mol. The van der Waals surface area contributed by atoms with E-state index in [1.807, 2.05) is 48.5 Å². The Balaban J connectivity index is 0.000000302. The summed E-state index contributed by atoms with van der Waals surface area (Å²) >= 11 is 0. The van der Waals surface area contributed by atoms with Gasteiger partial charge in [-0.2, -0.15) is 0 Å². The molecule has 1 aromatic heterocycles. The van der Waals surface area contributed by atoms with E-state index in [1.165, 1.54) is 0 Å². The number of fused-ring (bicyclic) bond motifs is 2. The summed E-state index contributed by atoms with van der Waals surface area (Å²) in [7, 11) is -1.82. The molecule has 0 saturated carbocycles. The van der Waals surface area contributed by atoms with Gasteiger partial charge in [0.2, 0.25) is 10.0 Å². The molecule has 0 bridgehead atoms. The second kappa shape index (κ2) is 13.5. The lowest BCUT2D eigenvalue weighted by molar-refractivity contribution is -0.320. The second-order valence-corrected chi connectivity index (χ2v) is 10.7. The molecular weight excluding hydrogens is 558 g/mol. The molecule has 0 fully saturated rings. The molecule has 0 aliphatic rings. The van der Waals surface area contributed by atoms with Crippen LogP contribution in [0, 0.1) is 0 Å². The third-order valence-electron chi connectivity index (χ3n) is 5.85. The minimum Gasteiger partial charge on any atom is -0.547 e. The third kappa shape index (κ3) is 8.00. The van der Waals surface area contributed by atoms with Gasteiger partial charge in [-0.15, -0.1) is 0 Å². The largest absolute Gasteiger partial charge is 0.547 e. The Hall–Kier alpha value is -4.05. The number of ether oxygens (including phenoxy) is 1. The highest BCUT2D eigenvalue weighted by Gasteiger charge is 2.30. The van der Waals surface area contributed by atoms with E-state index in [1.54, 1.807) is 25.3 Å². The van der Waals surface area contributed by atoms with Gasteiger partial charge in [0.05, 0.1) is 54.0 Å². The summed E-state index contributed by atoms with van der Waals surface area (Å²) in [6, 6.07) is 21.0. The van der Waals surface area contributed by atoms with Crippen molar-refractivity contribution in [2.24, 2.45) is 0 Å².